The van der Waals surface area contributed by atoms with E-state index in [0.29, 0.717) is 12.2 Å². The molecule has 0 amide bonds. The average Bonchev–Trinajstić information content (AvgIpc) is 2.75. The van der Waals surface area contributed by atoms with Crippen molar-refractivity contribution in [3.05, 3.63) is 39.9 Å². The fourth-order valence-electron chi connectivity index (χ4n) is 1.81. The first-order valence-electron chi connectivity index (χ1n) is 5.57. The highest BCUT2D eigenvalue weighted by Crippen LogP contribution is 2.14. The van der Waals surface area contributed by atoms with Gasteiger partial charge in [0, 0.05) is 17.7 Å². The van der Waals surface area contributed by atoms with E-state index in [9.17, 15) is 14.9 Å². The summed E-state index contributed by atoms with van der Waals surface area (Å²) in [6.07, 6.45) is 1.03. The van der Waals surface area contributed by atoms with E-state index in [4.69, 9.17) is 4.84 Å². The molecule has 0 atom stereocenters. The third-order valence-corrected chi connectivity index (χ3v) is 2.89. The van der Waals surface area contributed by atoms with Crippen LogP contribution in [0.15, 0.2) is 24.3 Å². The Bertz CT molecular complexity index is 519. The molecule has 2 rings (SSSR count). The quantitative estimate of drug-likeness (QED) is 0.351. The summed E-state index contributed by atoms with van der Waals surface area (Å²) in [7, 11) is 1.77. The van der Waals surface area contributed by atoms with Gasteiger partial charge in [0.1, 0.15) is 0 Å². The highest BCUT2D eigenvalue weighted by Gasteiger charge is 2.24. The molecule has 0 unspecified atom stereocenters. The van der Waals surface area contributed by atoms with Gasteiger partial charge in [-0.2, -0.15) is 0 Å². The number of hydrogen-bond acceptors (Lipinski definition) is 4. The molecular weight excluding hydrogens is 236 g/mol. The zero-order chi connectivity index (χ0) is 13.1. The highest BCUT2D eigenvalue weighted by molar-refractivity contribution is 6.08. The second kappa shape index (κ2) is 4.95. The van der Waals surface area contributed by atoms with Gasteiger partial charge in [0.2, 0.25) is 5.71 Å². The molecule has 0 spiro atoms. The summed E-state index contributed by atoms with van der Waals surface area (Å²) < 4.78 is 1.61. The molecule has 1 aliphatic heterocycles. The third kappa shape index (κ3) is 2.53. The molecule has 18 heavy (non-hydrogen) atoms. The van der Waals surface area contributed by atoms with Crippen LogP contribution in [0, 0.1) is 10.1 Å². The Morgan fingerprint density at radius 1 is 1.44 bits per heavy atom. The Labute approximate surface area is 104 Å². The maximum atomic E-state index is 12.0. The zero-order valence-corrected chi connectivity index (χ0v) is 9.96. The number of benzene rings is 1. The van der Waals surface area contributed by atoms with E-state index in [1.165, 1.54) is 24.3 Å². The molecule has 1 heterocycles. The molecule has 1 aromatic carbocycles. The Hall–Kier alpha value is -2.24. The van der Waals surface area contributed by atoms with Crippen LogP contribution >= 0.6 is 0 Å². The van der Waals surface area contributed by atoms with Gasteiger partial charge in [-0.25, -0.2) is 0 Å². The molecule has 6 nitrogen and oxygen atoms in total. The predicted molar refractivity (Wildman–Crippen MR) is 63.8 cm³/mol. The molecule has 0 N–H and O–H groups in total. The number of carbonyl (C=O) groups is 1. The number of carbonyl (C=O) groups excluding carboxylic acids is 1. The van der Waals surface area contributed by atoms with E-state index in [-0.39, 0.29) is 17.9 Å². The fourth-order valence-corrected chi connectivity index (χ4v) is 1.81. The number of hydroxylamine groups is 1. The van der Waals surface area contributed by atoms with Crippen LogP contribution in [0.4, 0.5) is 5.69 Å². The zero-order valence-electron chi connectivity index (χ0n) is 9.96. The minimum absolute atomic E-state index is 0.0134. The second-order valence-electron chi connectivity index (χ2n) is 4.05. The largest absolute Gasteiger partial charge is 0.294 e. The Balaban J connectivity index is 2.09. The molecular formula is C12H13N2O4+. The summed E-state index contributed by atoms with van der Waals surface area (Å²) in [6, 6.07) is 5.65. The lowest BCUT2D eigenvalue weighted by molar-refractivity contribution is -0.758. The molecule has 0 saturated carbocycles. The molecule has 0 radical (unpaired) electrons. The SMILES string of the molecule is C[N+]1=C(CC(=O)c2ccc([N+](=O)[O-])cc2)CCO1. The number of nitro benzene ring substituents is 1. The Morgan fingerprint density at radius 3 is 2.61 bits per heavy atom. The van der Waals surface area contributed by atoms with Gasteiger partial charge in [-0.05, 0) is 16.9 Å². The van der Waals surface area contributed by atoms with Crippen LogP contribution in [0.25, 0.3) is 0 Å². The topological polar surface area (TPSA) is 72.5 Å². The predicted octanol–water partition coefficient (Wildman–Crippen LogP) is 1.59. The maximum absolute atomic E-state index is 12.0. The number of ketones is 1. The van der Waals surface area contributed by atoms with Crippen LogP contribution in [0.2, 0.25) is 0 Å². The van der Waals surface area contributed by atoms with Crippen molar-refractivity contribution < 1.29 is 19.3 Å². The lowest BCUT2D eigenvalue weighted by atomic mass is 10.0. The molecule has 0 bridgehead atoms. The van der Waals surface area contributed by atoms with Crippen LogP contribution in [0.5, 0.6) is 0 Å². The maximum Gasteiger partial charge on any atom is 0.269 e. The molecule has 0 aromatic heterocycles. The van der Waals surface area contributed by atoms with Crippen molar-refractivity contribution in [3.63, 3.8) is 0 Å². The summed E-state index contributed by atoms with van der Waals surface area (Å²) in [5.74, 6) is -0.0581. The summed E-state index contributed by atoms with van der Waals surface area (Å²) in [5.41, 5.74) is 1.40. The number of nitro groups is 1. The monoisotopic (exact) mass is 249 g/mol. The molecule has 0 fully saturated rings. The van der Waals surface area contributed by atoms with E-state index in [1.807, 2.05) is 0 Å². The van der Waals surface area contributed by atoms with E-state index >= 15 is 0 Å². The van der Waals surface area contributed by atoms with Crippen LogP contribution in [-0.4, -0.2) is 34.8 Å². The van der Waals surface area contributed by atoms with Gasteiger partial charge in [0.05, 0.1) is 17.8 Å². The minimum atomic E-state index is -0.485. The third-order valence-electron chi connectivity index (χ3n) is 2.89. The average molecular weight is 249 g/mol. The van der Waals surface area contributed by atoms with Gasteiger partial charge < -0.3 is 0 Å². The number of rotatable bonds is 4. The summed E-state index contributed by atoms with van der Waals surface area (Å²) in [4.78, 5) is 27.2. The van der Waals surface area contributed by atoms with Crippen molar-refractivity contribution in [2.75, 3.05) is 13.7 Å². The van der Waals surface area contributed by atoms with Crippen LogP contribution in [0.3, 0.4) is 0 Å². The minimum Gasteiger partial charge on any atom is -0.294 e. The number of hydrogen-bond donors (Lipinski definition) is 0. The second-order valence-corrected chi connectivity index (χ2v) is 4.05. The smallest absolute Gasteiger partial charge is 0.269 e. The van der Waals surface area contributed by atoms with Crippen molar-refractivity contribution >= 4 is 17.2 Å². The van der Waals surface area contributed by atoms with Gasteiger partial charge in [-0.15, -0.1) is 0 Å². The molecule has 1 aromatic rings. The first-order chi connectivity index (χ1) is 8.58. The normalized spacial score (nSPS) is 14.5. The van der Waals surface area contributed by atoms with E-state index in [2.05, 4.69) is 0 Å². The van der Waals surface area contributed by atoms with Crippen molar-refractivity contribution in [2.45, 2.75) is 12.8 Å². The van der Waals surface area contributed by atoms with Gasteiger partial charge in [0.25, 0.3) is 5.69 Å². The summed E-state index contributed by atoms with van der Waals surface area (Å²) in [5, 5.41) is 10.5. The van der Waals surface area contributed by atoms with Crippen LogP contribution in [0.1, 0.15) is 23.2 Å². The molecule has 6 heteroatoms. The molecule has 94 valence electrons. The summed E-state index contributed by atoms with van der Waals surface area (Å²) in [6.45, 7) is 0.597. The van der Waals surface area contributed by atoms with Gasteiger partial charge in [0.15, 0.2) is 19.4 Å². The van der Waals surface area contributed by atoms with Gasteiger partial charge >= 0.3 is 0 Å². The van der Waals surface area contributed by atoms with E-state index in [1.54, 1.807) is 11.8 Å². The number of Topliss-reactive ketones (excluding diaryl/α,β-unsaturated/α-hetero) is 1. The summed E-state index contributed by atoms with van der Waals surface area (Å²) >= 11 is 0. The van der Waals surface area contributed by atoms with Crippen LogP contribution < -0.4 is 0 Å². The van der Waals surface area contributed by atoms with E-state index < -0.39 is 4.92 Å². The van der Waals surface area contributed by atoms with Crippen molar-refractivity contribution in [2.24, 2.45) is 0 Å². The highest BCUT2D eigenvalue weighted by atomic mass is 16.7. The van der Waals surface area contributed by atoms with Crippen molar-refractivity contribution in [1.82, 2.24) is 0 Å². The fraction of sp³-hybridized carbons (Fsp3) is 0.333. The number of non-ortho nitro benzene ring substituents is 1. The molecule has 1 aliphatic rings. The molecule has 0 saturated heterocycles. The first-order valence-corrected chi connectivity index (χ1v) is 5.57. The van der Waals surface area contributed by atoms with Gasteiger partial charge in [-0.1, -0.05) is 0 Å². The lowest BCUT2D eigenvalue weighted by Gasteiger charge is -1.98. The van der Waals surface area contributed by atoms with Crippen molar-refractivity contribution in [1.29, 1.82) is 0 Å². The Kier molecular flexibility index (Phi) is 3.36. The van der Waals surface area contributed by atoms with Crippen molar-refractivity contribution in [3.8, 4) is 0 Å². The molecule has 0 aliphatic carbocycles. The Morgan fingerprint density at radius 2 is 2.11 bits per heavy atom. The van der Waals surface area contributed by atoms with Crippen LogP contribution in [-0.2, 0) is 4.84 Å². The van der Waals surface area contributed by atoms with E-state index in [0.717, 1.165) is 12.1 Å². The van der Waals surface area contributed by atoms with Gasteiger partial charge in [-0.3, -0.25) is 19.7 Å². The standard InChI is InChI=1S/C12H13N2O4/c1-13-11(6-7-18-13)8-12(15)9-2-4-10(5-3-9)14(16)17/h2-5H,6-8H2,1H3/q+1. The first kappa shape index (κ1) is 12.2. The lowest BCUT2D eigenvalue weighted by Crippen LogP contribution is -2.13. The number of nitrogens with zero attached hydrogens (tertiary/aromatic N) is 2.